The second-order valence-corrected chi connectivity index (χ2v) is 7.22. The summed E-state index contributed by atoms with van der Waals surface area (Å²) in [6, 6.07) is 12.8. The predicted octanol–water partition coefficient (Wildman–Crippen LogP) is 3.17. The number of hydrogen-bond donors (Lipinski definition) is 1. The van der Waals surface area contributed by atoms with E-state index in [9.17, 15) is 14.4 Å². The van der Waals surface area contributed by atoms with Crippen LogP contribution in [-0.4, -0.2) is 51.1 Å². The van der Waals surface area contributed by atoms with Gasteiger partial charge in [0.25, 0.3) is 5.91 Å². The monoisotopic (exact) mass is 436 g/mol. The van der Waals surface area contributed by atoms with E-state index in [0.717, 1.165) is 6.07 Å². The number of methoxy groups -OCH3 is 1. The summed E-state index contributed by atoms with van der Waals surface area (Å²) < 4.78 is 15.8. The first-order chi connectivity index (χ1) is 15.4. The Morgan fingerprint density at radius 1 is 1.09 bits per heavy atom. The van der Waals surface area contributed by atoms with E-state index in [0.29, 0.717) is 35.5 Å². The van der Waals surface area contributed by atoms with Gasteiger partial charge >= 0.3 is 5.97 Å². The summed E-state index contributed by atoms with van der Waals surface area (Å²) in [7, 11) is 5.33. The lowest BCUT2D eigenvalue weighted by atomic mass is 10.1. The van der Waals surface area contributed by atoms with E-state index in [-0.39, 0.29) is 16.8 Å². The minimum absolute atomic E-state index is 0.105. The molecule has 0 saturated carbocycles. The molecular formula is C24H24N2O6. The molecule has 2 aromatic carbocycles. The Hall–Kier alpha value is -3.91. The second kappa shape index (κ2) is 10.4. The van der Waals surface area contributed by atoms with E-state index in [1.54, 1.807) is 55.7 Å². The van der Waals surface area contributed by atoms with E-state index < -0.39 is 11.9 Å². The summed E-state index contributed by atoms with van der Waals surface area (Å²) in [5.41, 5.74) is 1.07. The van der Waals surface area contributed by atoms with Crippen LogP contribution in [-0.2, 0) is 9.53 Å². The van der Waals surface area contributed by atoms with Gasteiger partial charge in [0, 0.05) is 24.4 Å². The number of nitrogens with one attached hydrogen (secondary N) is 1. The fourth-order valence-corrected chi connectivity index (χ4v) is 2.80. The molecule has 0 radical (unpaired) electrons. The van der Waals surface area contributed by atoms with Crippen molar-refractivity contribution in [3.05, 3.63) is 76.2 Å². The van der Waals surface area contributed by atoms with Crippen molar-refractivity contribution >= 4 is 34.6 Å². The van der Waals surface area contributed by atoms with Crippen LogP contribution in [0.25, 0.3) is 17.0 Å². The van der Waals surface area contributed by atoms with Gasteiger partial charge in [0.05, 0.1) is 12.5 Å². The first-order valence-electron chi connectivity index (χ1n) is 9.88. The third-order valence-corrected chi connectivity index (χ3v) is 4.52. The number of fused-ring (bicyclic) bond motifs is 1. The Balaban J connectivity index is 1.73. The van der Waals surface area contributed by atoms with Crippen LogP contribution in [0.4, 0.5) is 5.69 Å². The van der Waals surface area contributed by atoms with Gasteiger partial charge in [-0.15, -0.1) is 0 Å². The highest BCUT2D eigenvalue weighted by molar-refractivity contribution is 6.03. The van der Waals surface area contributed by atoms with Gasteiger partial charge in [-0.05, 0) is 62.1 Å². The normalized spacial score (nSPS) is 11.1. The molecule has 0 aliphatic rings. The number of benzene rings is 2. The first kappa shape index (κ1) is 22.8. The molecule has 3 aromatic rings. The first-order valence-corrected chi connectivity index (χ1v) is 9.88. The Morgan fingerprint density at radius 3 is 2.53 bits per heavy atom. The number of esters is 1. The number of hydrogen-bond acceptors (Lipinski definition) is 7. The van der Waals surface area contributed by atoms with E-state index in [1.807, 2.05) is 19.0 Å². The van der Waals surface area contributed by atoms with Crippen molar-refractivity contribution < 1.29 is 23.5 Å². The molecule has 1 amide bonds. The summed E-state index contributed by atoms with van der Waals surface area (Å²) in [5, 5.41) is 2.98. The molecule has 3 rings (SSSR count). The molecule has 0 fully saturated rings. The van der Waals surface area contributed by atoms with Crippen LogP contribution in [0.2, 0.25) is 0 Å². The lowest BCUT2D eigenvalue weighted by Gasteiger charge is -2.08. The molecule has 166 valence electrons. The van der Waals surface area contributed by atoms with Crippen LogP contribution in [0.1, 0.15) is 16.1 Å². The highest BCUT2D eigenvalue weighted by atomic mass is 16.5. The fourth-order valence-electron chi connectivity index (χ4n) is 2.80. The molecular weight excluding hydrogens is 412 g/mol. The highest BCUT2D eigenvalue weighted by Crippen LogP contribution is 2.18. The standard InChI is InChI=1S/C24H24N2O6/c1-26(2)12-13-31-23(28)11-5-16-4-10-21-19(14-16)20(27)15-22(32-21)24(29)25-17-6-8-18(30-3)9-7-17/h4-11,14-15H,12-13H2,1-3H3,(H,25,29)/b11-5+. The van der Waals surface area contributed by atoms with Crippen LogP contribution in [0, 0.1) is 0 Å². The highest BCUT2D eigenvalue weighted by Gasteiger charge is 2.13. The summed E-state index contributed by atoms with van der Waals surface area (Å²) in [5.74, 6) is -0.457. The fraction of sp³-hybridized carbons (Fsp3) is 0.208. The third kappa shape index (κ3) is 6.05. The van der Waals surface area contributed by atoms with Crippen molar-refractivity contribution in [3.63, 3.8) is 0 Å². The number of amides is 1. The maximum absolute atomic E-state index is 12.6. The molecule has 1 heterocycles. The van der Waals surface area contributed by atoms with Crippen LogP contribution >= 0.6 is 0 Å². The topological polar surface area (TPSA) is 98.1 Å². The molecule has 8 nitrogen and oxygen atoms in total. The van der Waals surface area contributed by atoms with Crippen molar-refractivity contribution in [2.45, 2.75) is 0 Å². The molecule has 1 N–H and O–H groups in total. The van der Waals surface area contributed by atoms with E-state index in [2.05, 4.69) is 5.32 Å². The number of ether oxygens (including phenoxy) is 2. The van der Waals surface area contributed by atoms with Gasteiger partial charge in [-0.25, -0.2) is 4.79 Å². The third-order valence-electron chi connectivity index (χ3n) is 4.52. The van der Waals surface area contributed by atoms with Crippen LogP contribution < -0.4 is 15.5 Å². The van der Waals surface area contributed by atoms with Crippen molar-refractivity contribution in [1.29, 1.82) is 0 Å². The Morgan fingerprint density at radius 2 is 1.84 bits per heavy atom. The lowest BCUT2D eigenvalue weighted by Crippen LogP contribution is -2.19. The second-order valence-electron chi connectivity index (χ2n) is 7.22. The van der Waals surface area contributed by atoms with Crippen molar-refractivity contribution in [2.75, 3.05) is 39.7 Å². The molecule has 0 atom stereocenters. The zero-order valence-corrected chi connectivity index (χ0v) is 18.1. The van der Waals surface area contributed by atoms with Gasteiger partial charge in [-0.2, -0.15) is 0 Å². The molecule has 0 unspecified atom stereocenters. The molecule has 0 aliphatic carbocycles. The molecule has 32 heavy (non-hydrogen) atoms. The average Bonchev–Trinajstić information content (AvgIpc) is 2.78. The minimum Gasteiger partial charge on any atom is -0.497 e. The maximum atomic E-state index is 12.6. The van der Waals surface area contributed by atoms with Gasteiger partial charge in [0.15, 0.2) is 11.2 Å². The van der Waals surface area contributed by atoms with Gasteiger partial charge in [-0.3, -0.25) is 9.59 Å². The van der Waals surface area contributed by atoms with Crippen molar-refractivity contribution in [2.24, 2.45) is 0 Å². The van der Waals surface area contributed by atoms with Crippen molar-refractivity contribution in [3.8, 4) is 5.75 Å². The van der Waals surface area contributed by atoms with E-state index in [4.69, 9.17) is 13.9 Å². The average molecular weight is 436 g/mol. The smallest absolute Gasteiger partial charge is 0.330 e. The van der Waals surface area contributed by atoms with Gasteiger partial charge in [0.1, 0.15) is 17.9 Å². The van der Waals surface area contributed by atoms with Gasteiger partial charge in [0.2, 0.25) is 0 Å². The molecule has 1 aromatic heterocycles. The number of nitrogens with zero attached hydrogens (tertiary/aromatic N) is 1. The van der Waals surface area contributed by atoms with Crippen LogP contribution in [0.3, 0.4) is 0 Å². The molecule has 0 saturated heterocycles. The van der Waals surface area contributed by atoms with Crippen LogP contribution in [0.5, 0.6) is 5.75 Å². The van der Waals surface area contributed by atoms with E-state index in [1.165, 1.54) is 6.08 Å². The Kier molecular flexibility index (Phi) is 7.41. The number of likely N-dealkylation sites (N-methyl/N-ethyl adjacent to an activating group) is 1. The quantitative estimate of drug-likeness (QED) is 0.428. The zero-order valence-electron chi connectivity index (χ0n) is 18.1. The maximum Gasteiger partial charge on any atom is 0.330 e. The predicted molar refractivity (Wildman–Crippen MR) is 122 cm³/mol. The number of carbonyl (C=O) groups is 2. The Labute approximate surface area is 185 Å². The number of carbonyl (C=O) groups excluding carboxylic acids is 2. The largest absolute Gasteiger partial charge is 0.497 e. The Bertz CT molecular complexity index is 1200. The van der Waals surface area contributed by atoms with Gasteiger partial charge < -0.3 is 24.1 Å². The van der Waals surface area contributed by atoms with Gasteiger partial charge in [-0.1, -0.05) is 6.07 Å². The zero-order chi connectivity index (χ0) is 23.1. The SMILES string of the molecule is COc1ccc(NC(=O)c2cc(=O)c3cc(/C=C/C(=O)OCCN(C)C)ccc3o2)cc1. The molecule has 0 bridgehead atoms. The number of rotatable bonds is 8. The van der Waals surface area contributed by atoms with E-state index >= 15 is 0 Å². The summed E-state index contributed by atoms with van der Waals surface area (Å²) in [6.45, 7) is 0.920. The summed E-state index contributed by atoms with van der Waals surface area (Å²) >= 11 is 0. The van der Waals surface area contributed by atoms with Crippen LogP contribution in [0.15, 0.2) is 63.8 Å². The summed E-state index contributed by atoms with van der Waals surface area (Å²) in [6.07, 6.45) is 2.86. The molecule has 0 spiro atoms. The molecule has 0 aliphatic heterocycles. The minimum atomic E-state index is -0.543. The number of anilines is 1. The van der Waals surface area contributed by atoms with Crippen molar-refractivity contribution in [1.82, 2.24) is 4.90 Å². The lowest BCUT2D eigenvalue weighted by molar-refractivity contribution is -0.137. The summed E-state index contributed by atoms with van der Waals surface area (Å²) in [4.78, 5) is 38.7. The molecule has 8 heteroatoms.